The molecule has 134 valence electrons. The Hall–Kier alpha value is -1.90. The number of hydrogen-bond donors (Lipinski definition) is 2. The van der Waals surface area contributed by atoms with Gasteiger partial charge >= 0.3 is 0 Å². The summed E-state index contributed by atoms with van der Waals surface area (Å²) in [5, 5.41) is 17.3. The molecule has 0 heterocycles. The van der Waals surface area contributed by atoms with Crippen LogP contribution < -0.4 is 0 Å². The molecule has 0 aliphatic heterocycles. The molecule has 0 fully saturated rings. The Morgan fingerprint density at radius 2 is 1.21 bits per heavy atom. The van der Waals surface area contributed by atoms with E-state index in [9.17, 15) is 0 Å². The van der Waals surface area contributed by atoms with E-state index in [2.05, 4.69) is 0 Å². The summed E-state index contributed by atoms with van der Waals surface area (Å²) in [6, 6.07) is 15.7. The van der Waals surface area contributed by atoms with Gasteiger partial charge in [-0.05, 0) is 38.8 Å². The van der Waals surface area contributed by atoms with Crippen LogP contribution in [0, 0.1) is 13.8 Å². The maximum Gasteiger partial charge on any atom is 0.0681 e. The number of aliphatic hydroxyl groups excluding tert-OH is 2. The zero-order valence-electron chi connectivity index (χ0n) is 16.1. The SMILES string of the molecule is CC.CC=CC.Cc1ccc(CO)cc1.Cc1cccc(CO)c1. The van der Waals surface area contributed by atoms with E-state index in [1.165, 1.54) is 11.1 Å². The summed E-state index contributed by atoms with van der Waals surface area (Å²) in [5.74, 6) is 0. The average molecular weight is 331 g/mol. The lowest BCUT2D eigenvalue weighted by molar-refractivity contribution is 0.281. The minimum atomic E-state index is 0.139. The van der Waals surface area contributed by atoms with Crippen molar-refractivity contribution < 1.29 is 10.2 Å². The van der Waals surface area contributed by atoms with Crippen molar-refractivity contribution in [3.63, 3.8) is 0 Å². The van der Waals surface area contributed by atoms with E-state index in [0.29, 0.717) is 0 Å². The second-order valence-electron chi connectivity index (χ2n) is 4.96. The van der Waals surface area contributed by atoms with Gasteiger partial charge in [0, 0.05) is 0 Å². The van der Waals surface area contributed by atoms with Gasteiger partial charge < -0.3 is 10.2 Å². The number of aryl methyl sites for hydroxylation is 2. The van der Waals surface area contributed by atoms with Crippen molar-refractivity contribution in [1.82, 2.24) is 0 Å². The molecule has 0 atom stereocenters. The first-order chi connectivity index (χ1) is 11.6. The van der Waals surface area contributed by atoms with Crippen molar-refractivity contribution >= 4 is 0 Å². The highest BCUT2D eigenvalue weighted by Gasteiger charge is 1.87. The summed E-state index contributed by atoms with van der Waals surface area (Å²) in [6.07, 6.45) is 4.00. The fraction of sp³-hybridized carbons (Fsp3) is 0.364. The van der Waals surface area contributed by atoms with E-state index < -0.39 is 0 Å². The molecule has 2 heteroatoms. The monoisotopic (exact) mass is 330 g/mol. The topological polar surface area (TPSA) is 40.5 Å². The van der Waals surface area contributed by atoms with E-state index in [-0.39, 0.29) is 13.2 Å². The van der Waals surface area contributed by atoms with Gasteiger partial charge in [-0.3, -0.25) is 0 Å². The molecule has 24 heavy (non-hydrogen) atoms. The number of hydrogen-bond acceptors (Lipinski definition) is 2. The van der Waals surface area contributed by atoms with E-state index in [0.717, 1.165) is 11.1 Å². The molecule has 2 aromatic carbocycles. The third kappa shape index (κ3) is 13.7. The Morgan fingerprint density at radius 1 is 0.708 bits per heavy atom. The van der Waals surface area contributed by atoms with Crippen LogP contribution >= 0.6 is 0 Å². The molecule has 0 aromatic heterocycles. The Kier molecular flexibility index (Phi) is 17.7. The standard InChI is InChI=1S/2C8H10O.C4H8.C2H6/c1-7-2-4-8(6-9)5-3-7;1-7-3-2-4-8(5-7)6-9;1-3-4-2;1-2/h2*2-5,9H,6H2,1H3;3-4H,1-2H3;1-2H3. The molecular weight excluding hydrogens is 296 g/mol. The van der Waals surface area contributed by atoms with Gasteiger partial charge in [-0.2, -0.15) is 0 Å². The molecule has 0 radical (unpaired) electrons. The van der Waals surface area contributed by atoms with Crippen molar-refractivity contribution in [2.24, 2.45) is 0 Å². The third-order valence-corrected chi connectivity index (χ3v) is 2.90. The van der Waals surface area contributed by atoms with E-state index in [4.69, 9.17) is 10.2 Å². The molecule has 2 nitrogen and oxygen atoms in total. The average Bonchev–Trinajstić information content (AvgIpc) is 2.64. The number of rotatable bonds is 2. The fourth-order valence-corrected chi connectivity index (χ4v) is 1.50. The van der Waals surface area contributed by atoms with Crippen LogP contribution in [0.25, 0.3) is 0 Å². The van der Waals surface area contributed by atoms with Crippen LogP contribution in [0.4, 0.5) is 0 Å². The minimum Gasteiger partial charge on any atom is -0.392 e. The molecule has 0 saturated carbocycles. The molecule has 2 rings (SSSR count). The van der Waals surface area contributed by atoms with Crippen LogP contribution in [-0.2, 0) is 13.2 Å². The Morgan fingerprint density at radius 3 is 1.54 bits per heavy atom. The smallest absolute Gasteiger partial charge is 0.0681 e. The van der Waals surface area contributed by atoms with E-state index in [1.807, 2.05) is 102 Å². The summed E-state index contributed by atoms with van der Waals surface area (Å²) >= 11 is 0. The van der Waals surface area contributed by atoms with Gasteiger partial charge in [0.25, 0.3) is 0 Å². The van der Waals surface area contributed by atoms with Gasteiger partial charge in [0.15, 0.2) is 0 Å². The maximum atomic E-state index is 8.66. The molecule has 0 aliphatic rings. The molecule has 0 amide bonds. The van der Waals surface area contributed by atoms with Crippen molar-refractivity contribution in [2.75, 3.05) is 0 Å². The molecule has 0 aliphatic carbocycles. The quantitative estimate of drug-likeness (QED) is 0.705. The van der Waals surface area contributed by atoms with Gasteiger partial charge in [-0.25, -0.2) is 0 Å². The first-order valence-corrected chi connectivity index (χ1v) is 8.47. The highest BCUT2D eigenvalue weighted by atomic mass is 16.3. The third-order valence-electron chi connectivity index (χ3n) is 2.90. The second kappa shape index (κ2) is 17.5. The van der Waals surface area contributed by atoms with Crippen LogP contribution in [0.1, 0.15) is 49.9 Å². The van der Waals surface area contributed by atoms with Crippen LogP contribution in [-0.4, -0.2) is 10.2 Å². The minimum absolute atomic E-state index is 0.139. The predicted molar refractivity (Wildman–Crippen MR) is 106 cm³/mol. The predicted octanol–water partition coefficient (Wildman–Crippen LogP) is 5.58. The Bertz CT molecular complexity index is 524. The summed E-state index contributed by atoms with van der Waals surface area (Å²) in [5.41, 5.74) is 4.38. The maximum absolute atomic E-state index is 8.66. The molecule has 0 spiro atoms. The normalized spacial score (nSPS) is 9.00. The highest BCUT2D eigenvalue weighted by molar-refractivity contribution is 5.21. The molecule has 0 saturated heterocycles. The van der Waals surface area contributed by atoms with E-state index >= 15 is 0 Å². The molecular formula is C22H34O2. The largest absolute Gasteiger partial charge is 0.392 e. The first-order valence-electron chi connectivity index (χ1n) is 8.47. The summed E-state index contributed by atoms with van der Waals surface area (Å²) in [6.45, 7) is 12.3. The molecule has 2 N–H and O–H groups in total. The zero-order valence-corrected chi connectivity index (χ0v) is 16.1. The first kappa shape index (κ1) is 24.4. The van der Waals surface area contributed by atoms with Crippen molar-refractivity contribution in [1.29, 1.82) is 0 Å². The van der Waals surface area contributed by atoms with Gasteiger partial charge in [-0.15, -0.1) is 0 Å². The molecule has 0 bridgehead atoms. The molecule has 2 aromatic rings. The van der Waals surface area contributed by atoms with Crippen molar-refractivity contribution in [2.45, 2.75) is 54.8 Å². The lowest BCUT2D eigenvalue weighted by atomic mass is 10.1. The van der Waals surface area contributed by atoms with Crippen molar-refractivity contribution in [3.05, 3.63) is 82.9 Å². The second-order valence-corrected chi connectivity index (χ2v) is 4.96. The van der Waals surface area contributed by atoms with Gasteiger partial charge in [-0.1, -0.05) is 85.7 Å². The fourth-order valence-electron chi connectivity index (χ4n) is 1.50. The Balaban J connectivity index is 0. The number of allylic oxidation sites excluding steroid dienone is 2. The van der Waals surface area contributed by atoms with E-state index in [1.54, 1.807) is 0 Å². The lowest BCUT2D eigenvalue weighted by Crippen LogP contribution is -1.81. The van der Waals surface area contributed by atoms with Gasteiger partial charge in [0.05, 0.1) is 13.2 Å². The van der Waals surface area contributed by atoms with Crippen LogP contribution in [0.3, 0.4) is 0 Å². The zero-order chi connectivity index (χ0) is 18.8. The number of aliphatic hydroxyl groups is 2. The van der Waals surface area contributed by atoms with Crippen molar-refractivity contribution in [3.8, 4) is 0 Å². The summed E-state index contributed by atoms with van der Waals surface area (Å²) in [4.78, 5) is 0. The lowest BCUT2D eigenvalue weighted by Gasteiger charge is -1.94. The number of benzene rings is 2. The summed E-state index contributed by atoms with van der Waals surface area (Å²) in [7, 11) is 0. The highest BCUT2D eigenvalue weighted by Crippen LogP contribution is 2.02. The van der Waals surface area contributed by atoms with Crippen LogP contribution in [0.5, 0.6) is 0 Å². The Labute approximate surface area is 148 Å². The molecule has 0 unspecified atom stereocenters. The summed E-state index contributed by atoms with van der Waals surface area (Å²) < 4.78 is 0. The van der Waals surface area contributed by atoms with Crippen LogP contribution in [0.15, 0.2) is 60.7 Å². The van der Waals surface area contributed by atoms with Crippen LogP contribution in [0.2, 0.25) is 0 Å². The van der Waals surface area contributed by atoms with Gasteiger partial charge in [0.1, 0.15) is 0 Å². The van der Waals surface area contributed by atoms with Gasteiger partial charge in [0.2, 0.25) is 0 Å².